The molecule has 23 heavy (non-hydrogen) atoms. The molecule has 1 amide bonds. The van der Waals surface area contributed by atoms with Crippen molar-refractivity contribution >= 4 is 5.91 Å². The van der Waals surface area contributed by atoms with Crippen LogP contribution in [0.25, 0.3) is 0 Å². The molecule has 1 saturated carbocycles. The Labute approximate surface area is 140 Å². The van der Waals surface area contributed by atoms with Crippen LogP contribution >= 0.6 is 0 Å². The molecule has 0 spiro atoms. The molecule has 0 unspecified atom stereocenters. The first-order valence-corrected chi connectivity index (χ1v) is 8.84. The number of amides is 1. The van der Waals surface area contributed by atoms with E-state index in [9.17, 15) is 4.79 Å². The molecule has 4 heteroatoms. The molecule has 1 aliphatic carbocycles. The van der Waals surface area contributed by atoms with Crippen LogP contribution in [0.2, 0.25) is 0 Å². The van der Waals surface area contributed by atoms with E-state index in [1.54, 1.807) is 6.92 Å². The molecule has 1 aromatic carbocycles. The zero-order valence-electron chi connectivity index (χ0n) is 14.7. The van der Waals surface area contributed by atoms with Gasteiger partial charge in [0, 0.05) is 24.7 Å². The molecule has 0 heterocycles. The van der Waals surface area contributed by atoms with E-state index in [4.69, 9.17) is 5.73 Å². The van der Waals surface area contributed by atoms with Crippen molar-refractivity contribution in [3.05, 3.63) is 35.9 Å². The summed E-state index contributed by atoms with van der Waals surface area (Å²) in [5.41, 5.74) is 7.06. The Kier molecular flexibility index (Phi) is 6.60. The predicted molar refractivity (Wildman–Crippen MR) is 95.0 cm³/mol. The zero-order valence-corrected chi connectivity index (χ0v) is 14.7. The van der Waals surface area contributed by atoms with Crippen LogP contribution in [-0.2, 0) is 11.3 Å². The molecule has 1 fully saturated rings. The van der Waals surface area contributed by atoms with Crippen molar-refractivity contribution < 1.29 is 4.79 Å². The largest absolute Gasteiger partial charge is 0.350 e. The van der Waals surface area contributed by atoms with Gasteiger partial charge in [0.05, 0.1) is 6.04 Å². The first-order valence-electron chi connectivity index (χ1n) is 8.84. The summed E-state index contributed by atoms with van der Waals surface area (Å²) < 4.78 is 0. The smallest absolute Gasteiger partial charge is 0.236 e. The third kappa shape index (κ3) is 5.05. The third-order valence-corrected chi connectivity index (χ3v) is 4.77. The van der Waals surface area contributed by atoms with Crippen LogP contribution in [0.15, 0.2) is 30.3 Å². The van der Waals surface area contributed by atoms with E-state index in [1.807, 2.05) is 0 Å². The molecular formula is C19H31N3O. The molecule has 0 aromatic heterocycles. The lowest BCUT2D eigenvalue weighted by molar-refractivity contribution is -0.123. The van der Waals surface area contributed by atoms with E-state index in [0.29, 0.717) is 12.1 Å². The highest BCUT2D eigenvalue weighted by Gasteiger charge is 2.32. The Morgan fingerprint density at radius 3 is 2.48 bits per heavy atom. The maximum Gasteiger partial charge on any atom is 0.236 e. The van der Waals surface area contributed by atoms with Crippen LogP contribution < -0.4 is 11.1 Å². The zero-order chi connectivity index (χ0) is 16.8. The van der Waals surface area contributed by atoms with Gasteiger partial charge in [-0.15, -0.1) is 0 Å². The van der Waals surface area contributed by atoms with Crippen LogP contribution in [-0.4, -0.2) is 35.0 Å². The molecule has 1 aromatic rings. The summed E-state index contributed by atoms with van der Waals surface area (Å²) >= 11 is 0. The van der Waals surface area contributed by atoms with Gasteiger partial charge in [0.15, 0.2) is 0 Å². The fourth-order valence-electron chi connectivity index (χ4n) is 3.47. The first-order chi connectivity index (χ1) is 11.0. The summed E-state index contributed by atoms with van der Waals surface area (Å²) in [7, 11) is 0. The highest BCUT2D eigenvalue weighted by molar-refractivity contribution is 5.81. The van der Waals surface area contributed by atoms with Gasteiger partial charge in [0.25, 0.3) is 0 Å². The number of carbonyl (C=O) groups excluding carboxylic acids is 1. The van der Waals surface area contributed by atoms with Crippen molar-refractivity contribution in [3.63, 3.8) is 0 Å². The van der Waals surface area contributed by atoms with Gasteiger partial charge in [0.2, 0.25) is 5.91 Å². The molecule has 3 atom stereocenters. The minimum absolute atomic E-state index is 0.0367. The van der Waals surface area contributed by atoms with Crippen molar-refractivity contribution in [2.24, 2.45) is 5.73 Å². The molecule has 128 valence electrons. The second-order valence-corrected chi connectivity index (χ2v) is 7.01. The van der Waals surface area contributed by atoms with Gasteiger partial charge in [-0.2, -0.15) is 0 Å². The Morgan fingerprint density at radius 1 is 1.22 bits per heavy atom. The van der Waals surface area contributed by atoms with E-state index in [-0.39, 0.29) is 11.9 Å². The number of rotatable bonds is 6. The fourth-order valence-corrected chi connectivity index (χ4v) is 3.47. The minimum atomic E-state index is -0.445. The Bertz CT molecular complexity index is 487. The summed E-state index contributed by atoms with van der Waals surface area (Å²) in [5, 5.41) is 3.18. The fraction of sp³-hybridized carbons (Fsp3) is 0.632. The Hall–Kier alpha value is -1.39. The van der Waals surface area contributed by atoms with Crippen molar-refractivity contribution in [2.75, 3.05) is 0 Å². The van der Waals surface area contributed by atoms with Gasteiger partial charge in [-0.25, -0.2) is 0 Å². The maximum absolute atomic E-state index is 12.1. The lowest BCUT2D eigenvalue weighted by Crippen LogP contribution is -2.56. The highest BCUT2D eigenvalue weighted by Crippen LogP contribution is 2.26. The minimum Gasteiger partial charge on any atom is -0.350 e. The van der Waals surface area contributed by atoms with Crippen LogP contribution in [0.1, 0.15) is 52.0 Å². The van der Waals surface area contributed by atoms with Crippen LogP contribution in [0, 0.1) is 0 Å². The monoisotopic (exact) mass is 317 g/mol. The Morgan fingerprint density at radius 2 is 1.87 bits per heavy atom. The molecular weight excluding hydrogens is 286 g/mol. The average Bonchev–Trinajstić information content (AvgIpc) is 2.54. The van der Waals surface area contributed by atoms with Crippen LogP contribution in [0.5, 0.6) is 0 Å². The summed E-state index contributed by atoms with van der Waals surface area (Å²) in [6.07, 6.45) is 4.58. The number of nitrogens with zero attached hydrogens (tertiary/aromatic N) is 1. The van der Waals surface area contributed by atoms with Crippen molar-refractivity contribution in [1.29, 1.82) is 0 Å². The first kappa shape index (κ1) is 18.0. The van der Waals surface area contributed by atoms with Crippen LogP contribution in [0.4, 0.5) is 0 Å². The highest BCUT2D eigenvalue weighted by atomic mass is 16.2. The summed E-state index contributed by atoms with van der Waals surface area (Å²) in [4.78, 5) is 14.6. The molecule has 1 aliphatic rings. The van der Waals surface area contributed by atoms with E-state index in [0.717, 1.165) is 19.4 Å². The van der Waals surface area contributed by atoms with Crippen LogP contribution in [0.3, 0.4) is 0 Å². The third-order valence-electron chi connectivity index (χ3n) is 4.77. The standard InChI is InChI=1S/C19H31N3O/c1-14(2)22(13-16-9-5-4-6-10-16)18-12-8-7-11-17(18)21-19(23)15(3)20/h4-6,9-10,14-15,17-18H,7-8,11-13,20H2,1-3H3,(H,21,23)/t15-,17+,18+/m0/s1. The van der Waals surface area contributed by atoms with Crippen molar-refractivity contribution in [3.8, 4) is 0 Å². The van der Waals surface area contributed by atoms with Gasteiger partial charge in [0.1, 0.15) is 0 Å². The second kappa shape index (κ2) is 8.46. The van der Waals surface area contributed by atoms with E-state index in [1.165, 1.54) is 18.4 Å². The molecule has 2 rings (SSSR count). The summed E-state index contributed by atoms with van der Waals surface area (Å²) in [6, 6.07) is 11.2. The Balaban J connectivity index is 2.12. The van der Waals surface area contributed by atoms with Gasteiger partial charge in [-0.1, -0.05) is 43.2 Å². The lowest BCUT2D eigenvalue weighted by Gasteiger charge is -2.42. The summed E-state index contributed by atoms with van der Waals surface area (Å²) in [5.74, 6) is -0.0367. The molecule has 0 radical (unpaired) electrons. The van der Waals surface area contributed by atoms with Gasteiger partial charge >= 0.3 is 0 Å². The van der Waals surface area contributed by atoms with E-state index < -0.39 is 6.04 Å². The topological polar surface area (TPSA) is 58.4 Å². The summed E-state index contributed by atoms with van der Waals surface area (Å²) in [6.45, 7) is 7.15. The second-order valence-electron chi connectivity index (χ2n) is 7.01. The average molecular weight is 317 g/mol. The normalized spacial score (nSPS) is 23.0. The van der Waals surface area contributed by atoms with E-state index >= 15 is 0 Å². The molecule has 0 bridgehead atoms. The molecule has 0 aliphatic heterocycles. The van der Waals surface area contributed by atoms with Crippen molar-refractivity contribution in [2.45, 2.75) is 77.2 Å². The van der Waals surface area contributed by atoms with Gasteiger partial charge in [-0.05, 0) is 39.2 Å². The number of nitrogens with one attached hydrogen (secondary N) is 1. The SMILES string of the molecule is CC(C)N(Cc1ccccc1)[C@@H]1CCCC[C@H]1NC(=O)[C@H](C)N. The maximum atomic E-state index is 12.1. The van der Waals surface area contributed by atoms with Crippen molar-refractivity contribution in [1.82, 2.24) is 10.2 Å². The molecule has 3 N–H and O–H groups in total. The predicted octanol–water partition coefficient (Wildman–Crippen LogP) is 2.67. The van der Waals surface area contributed by atoms with Gasteiger partial charge < -0.3 is 11.1 Å². The number of hydrogen-bond donors (Lipinski definition) is 2. The lowest BCUT2D eigenvalue weighted by atomic mass is 9.88. The number of nitrogens with two attached hydrogens (primary N) is 1. The number of carbonyl (C=O) groups is 1. The van der Waals surface area contributed by atoms with E-state index in [2.05, 4.69) is 54.4 Å². The molecule has 4 nitrogen and oxygen atoms in total. The number of hydrogen-bond acceptors (Lipinski definition) is 3. The van der Waals surface area contributed by atoms with Gasteiger partial charge in [-0.3, -0.25) is 9.69 Å². The molecule has 0 saturated heterocycles. The quantitative estimate of drug-likeness (QED) is 0.848. The number of benzene rings is 1.